The van der Waals surface area contributed by atoms with E-state index in [0.717, 1.165) is 14.9 Å². The van der Waals surface area contributed by atoms with Gasteiger partial charge in [-0.15, -0.1) is 0 Å². The second kappa shape index (κ2) is 9.56. The maximum Gasteiger partial charge on any atom is 0.257 e. The van der Waals surface area contributed by atoms with Gasteiger partial charge >= 0.3 is 0 Å². The number of benzene rings is 3. The van der Waals surface area contributed by atoms with E-state index in [1.165, 1.54) is 0 Å². The Labute approximate surface area is 183 Å². The van der Waals surface area contributed by atoms with Gasteiger partial charge in [0.15, 0.2) is 0 Å². The third-order valence-electron chi connectivity index (χ3n) is 4.28. The lowest BCUT2D eigenvalue weighted by Gasteiger charge is -2.12. The Balaban J connectivity index is 1.76. The molecule has 0 fully saturated rings. The number of hydrogen-bond acceptors (Lipinski definition) is 3. The Morgan fingerprint density at radius 3 is 2.34 bits per heavy atom. The smallest absolute Gasteiger partial charge is 0.257 e. The first kappa shape index (κ1) is 20.9. The standard InChI is InChI=1S/C23H21IN2O3/c1-3-29-18-12-10-17(11-13-18)25-23(28)19-6-4-5-7-21(19)26-22(27)16-9-8-15(2)20(24)14-16/h4-14H,3H2,1-2H3,(H,25,28)(H,26,27). The van der Waals surface area contributed by atoms with E-state index in [1.54, 1.807) is 54.6 Å². The molecule has 3 aromatic carbocycles. The van der Waals surface area contributed by atoms with Crippen LogP contribution in [0.1, 0.15) is 33.2 Å². The Morgan fingerprint density at radius 2 is 1.66 bits per heavy atom. The van der Waals surface area contributed by atoms with Crippen LogP contribution < -0.4 is 15.4 Å². The first-order valence-corrected chi connectivity index (χ1v) is 10.3. The first-order valence-electron chi connectivity index (χ1n) is 9.18. The molecular formula is C23H21IN2O3. The van der Waals surface area contributed by atoms with E-state index >= 15 is 0 Å². The summed E-state index contributed by atoms with van der Waals surface area (Å²) in [6.07, 6.45) is 0. The van der Waals surface area contributed by atoms with Crippen LogP contribution in [-0.2, 0) is 0 Å². The third kappa shape index (κ3) is 5.35. The van der Waals surface area contributed by atoms with Gasteiger partial charge in [-0.05, 0) is 90.5 Å². The summed E-state index contributed by atoms with van der Waals surface area (Å²) in [5, 5.41) is 5.69. The lowest BCUT2D eigenvalue weighted by atomic mass is 10.1. The van der Waals surface area contributed by atoms with Crippen LogP contribution in [-0.4, -0.2) is 18.4 Å². The summed E-state index contributed by atoms with van der Waals surface area (Å²) in [5.74, 6) is 0.179. The van der Waals surface area contributed by atoms with E-state index in [1.807, 2.05) is 26.0 Å². The SMILES string of the molecule is CCOc1ccc(NC(=O)c2ccccc2NC(=O)c2ccc(C)c(I)c2)cc1. The quantitative estimate of drug-likeness (QED) is 0.439. The molecule has 0 saturated heterocycles. The summed E-state index contributed by atoms with van der Waals surface area (Å²) in [7, 11) is 0. The fourth-order valence-corrected chi connectivity index (χ4v) is 3.23. The maximum absolute atomic E-state index is 12.8. The largest absolute Gasteiger partial charge is 0.494 e. The Bertz CT molecular complexity index is 1030. The summed E-state index contributed by atoms with van der Waals surface area (Å²) in [6.45, 7) is 4.49. The third-order valence-corrected chi connectivity index (χ3v) is 5.44. The van der Waals surface area contributed by atoms with Crippen LogP contribution in [0.4, 0.5) is 11.4 Å². The van der Waals surface area contributed by atoms with Crippen molar-refractivity contribution in [3.05, 3.63) is 87.0 Å². The van der Waals surface area contributed by atoms with Gasteiger partial charge in [0.2, 0.25) is 0 Å². The van der Waals surface area contributed by atoms with Crippen molar-refractivity contribution in [1.29, 1.82) is 0 Å². The number of nitrogens with one attached hydrogen (secondary N) is 2. The van der Waals surface area contributed by atoms with Crippen molar-refractivity contribution in [3.8, 4) is 5.75 Å². The molecule has 3 rings (SSSR count). The number of ether oxygens (including phenoxy) is 1. The molecule has 0 radical (unpaired) electrons. The van der Waals surface area contributed by atoms with Crippen molar-refractivity contribution in [2.75, 3.05) is 17.2 Å². The minimum atomic E-state index is -0.302. The second-order valence-electron chi connectivity index (χ2n) is 6.38. The molecule has 0 aliphatic carbocycles. The van der Waals surface area contributed by atoms with Crippen LogP contribution >= 0.6 is 22.6 Å². The summed E-state index contributed by atoms with van der Waals surface area (Å²) in [4.78, 5) is 25.4. The summed E-state index contributed by atoms with van der Waals surface area (Å²) in [6, 6.07) is 19.6. The maximum atomic E-state index is 12.8. The topological polar surface area (TPSA) is 67.4 Å². The average molecular weight is 500 g/mol. The molecule has 0 atom stereocenters. The van der Waals surface area contributed by atoms with Gasteiger partial charge < -0.3 is 15.4 Å². The van der Waals surface area contributed by atoms with Crippen LogP contribution in [0.2, 0.25) is 0 Å². The van der Waals surface area contributed by atoms with Gasteiger partial charge in [-0.1, -0.05) is 18.2 Å². The highest BCUT2D eigenvalue weighted by Gasteiger charge is 2.15. The number of hydrogen-bond donors (Lipinski definition) is 2. The molecule has 148 valence electrons. The molecule has 5 nitrogen and oxygen atoms in total. The van der Waals surface area contributed by atoms with Gasteiger partial charge in [-0.25, -0.2) is 0 Å². The van der Waals surface area contributed by atoms with Gasteiger partial charge in [0.1, 0.15) is 5.75 Å². The van der Waals surface area contributed by atoms with E-state index in [-0.39, 0.29) is 11.8 Å². The van der Waals surface area contributed by atoms with Crippen LogP contribution in [0.3, 0.4) is 0 Å². The van der Waals surface area contributed by atoms with Gasteiger partial charge in [0.05, 0.1) is 17.9 Å². The lowest BCUT2D eigenvalue weighted by Crippen LogP contribution is -2.18. The van der Waals surface area contributed by atoms with Gasteiger partial charge in [-0.3, -0.25) is 9.59 Å². The highest BCUT2D eigenvalue weighted by Crippen LogP contribution is 2.21. The van der Waals surface area contributed by atoms with Crippen molar-refractivity contribution in [3.63, 3.8) is 0 Å². The second-order valence-corrected chi connectivity index (χ2v) is 7.54. The van der Waals surface area contributed by atoms with Crippen LogP contribution in [0, 0.1) is 10.5 Å². The fourth-order valence-electron chi connectivity index (χ4n) is 2.72. The van der Waals surface area contributed by atoms with E-state index in [4.69, 9.17) is 4.74 Å². The van der Waals surface area contributed by atoms with E-state index in [2.05, 4.69) is 33.2 Å². The molecule has 0 heterocycles. The van der Waals surface area contributed by atoms with Crippen molar-refractivity contribution >= 4 is 45.8 Å². The zero-order valence-electron chi connectivity index (χ0n) is 16.2. The number of carbonyl (C=O) groups is 2. The number of halogens is 1. The summed E-state index contributed by atoms with van der Waals surface area (Å²) >= 11 is 2.20. The number of carbonyl (C=O) groups excluding carboxylic acids is 2. The molecule has 0 spiro atoms. The molecule has 0 bridgehead atoms. The molecule has 2 N–H and O–H groups in total. The molecule has 3 aromatic rings. The molecule has 2 amide bonds. The molecule has 0 unspecified atom stereocenters. The minimum Gasteiger partial charge on any atom is -0.494 e. The Morgan fingerprint density at radius 1 is 0.931 bits per heavy atom. The van der Waals surface area contributed by atoms with Crippen molar-refractivity contribution < 1.29 is 14.3 Å². The molecule has 0 aromatic heterocycles. The highest BCUT2D eigenvalue weighted by atomic mass is 127. The Kier molecular flexibility index (Phi) is 6.87. The molecule has 0 aliphatic heterocycles. The Hall–Kier alpha value is -2.87. The van der Waals surface area contributed by atoms with Crippen LogP contribution in [0.5, 0.6) is 5.75 Å². The number of amides is 2. The number of para-hydroxylation sites is 1. The van der Waals surface area contributed by atoms with Crippen molar-refractivity contribution in [2.24, 2.45) is 0 Å². The molecule has 0 saturated carbocycles. The van der Waals surface area contributed by atoms with Crippen LogP contribution in [0.15, 0.2) is 66.7 Å². The molecule has 6 heteroatoms. The zero-order chi connectivity index (χ0) is 20.8. The highest BCUT2D eigenvalue weighted by molar-refractivity contribution is 14.1. The lowest BCUT2D eigenvalue weighted by molar-refractivity contribution is 0.102. The monoisotopic (exact) mass is 500 g/mol. The van der Waals surface area contributed by atoms with Gasteiger partial charge in [0.25, 0.3) is 11.8 Å². The molecule has 29 heavy (non-hydrogen) atoms. The predicted octanol–water partition coefficient (Wildman–Crippen LogP) is 5.50. The van der Waals surface area contributed by atoms with E-state index < -0.39 is 0 Å². The predicted molar refractivity (Wildman–Crippen MR) is 124 cm³/mol. The number of aryl methyl sites for hydroxylation is 1. The zero-order valence-corrected chi connectivity index (χ0v) is 18.3. The number of rotatable bonds is 6. The van der Waals surface area contributed by atoms with Crippen molar-refractivity contribution in [2.45, 2.75) is 13.8 Å². The minimum absolute atomic E-state index is 0.260. The normalized spacial score (nSPS) is 10.3. The van der Waals surface area contributed by atoms with Crippen molar-refractivity contribution in [1.82, 2.24) is 0 Å². The number of anilines is 2. The molecule has 0 aliphatic rings. The summed E-state index contributed by atoms with van der Waals surface area (Å²) in [5.41, 5.74) is 3.14. The van der Waals surface area contributed by atoms with E-state index in [9.17, 15) is 9.59 Å². The fraction of sp³-hybridized carbons (Fsp3) is 0.130. The van der Waals surface area contributed by atoms with Gasteiger partial charge in [0, 0.05) is 14.8 Å². The van der Waals surface area contributed by atoms with Crippen LogP contribution in [0.25, 0.3) is 0 Å². The van der Waals surface area contributed by atoms with Gasteiger partial charge in [-0.2, -0.15) is 0 Å². The first-order chi connectivity index (χ1) is 14.0. The molecular weight excluding hydrogens is 479 g/mol. The average Bonchev–Trinajstić information content (AvgIpc) is 2.72. The van der Waals surface area contributed by atoms with E-state index in [0.29, 0.717) is 29.1 Å². The summed E-state index contributed by atoms with van der Waals surface area (Å²) < 4.78 is 6.42.